The Morgan fingerprint density at radius 1 is 1.29 bits per heavy atom. The molecule has 0 saturated carbocycles. The zero-order chi connectivity index (χ0) is 15.7. The molecule has 0 spiro atoms. The molecule has 6 nitrogen and oxygen atoms in total. The number of ether oxygens (including phenoxy) is 1. The van der Waals surface area contributed by atoms with Gasteiger partial charge in [0.25, 0.3) is 0 Å². The third kappa shape index (κ3) is 6.65. The third-order valence-electron chi connectivity index (χ3n) is 3.58. The van der Waals surface area contributed by atoms with Crippen molar-refractivity contribution < 1.29 is 13.2 Å². The van der Waals surface area contributed by atoms with Crippen LogP contribution in [0.2, 0.25) is 0 Å². The van der Waals surface area contributed by atoms with E-state index in [4.69, 9.17) is 4.74 Å². The SMILES string of the molecule is CCNC(=NCCS(=O)(=O)CC)N1CCC(OCC)CC1. The van der Waals surface area contributed by atoms with Crippen LogP contribution in [-0.4, -0.2) is 69.7 Å². The highest BCUT2D eigenvalue weighted by atomic mass is 32.2. The highest BCUT2D eigenvalue weighted by molar-refractivity contribution is 7.91. The van der Waals surface area contributed by atoms with Crippen LogP contribution in [0.25, 0.3) is 0 Å². The number of aliphatic imine (C=N–C) groups is 1. The zero-order valence-electron chi connectivity index (χ0n) is 13.5. The average molecular weight is 319 g/mol. The van der Waals surface area contributed by atoms with Gasteiger partial charge in [0, 0.05) is 32.0 Å². The predicted octanol–water partition coefficient (Wildman–Crippen LogP) is 0.888. The lowest BCUT2D eigenvalue weighted by molar-refractivity contribution is 0.0264. The van der Waals surface area contributed by atoms with Crippen LogP contribution >= 0.6 is 0 Å². The first-order chi connectivity index (χ1) is 10.0. The van der Waals surface area contributed by atoms with E-state index in [-0.39, 0.29) is 11.5 Å². The lowest BCUT2D eigenvalue weighted by Crippen LogP contribution is -2.47. The maximum Gasteiger partial charge on any atom is 0.193 e. The Balaban J connectivity index is 2.53. The van der Waals surface area contributed by atoms with E-state index >= 15 is 0 Å². The van der Waals surface area contributed by atoms with Crippen LogP contribution in [0.4, 0.5) is 0 Å². The second-order valence-electron chi connectivity index (χ2n) is 5.11. The molecule has 0 aromatic heterocycles. The molecule has 1 aliphatic rings. The molecule has 1 saturated heterocycles. The number of rotatable bonds is 7. The fourth-order valence-corrected chi connectivity index (χ4v) is 2.99. The van der Waals surface area contributed by atoms with Crippen molar-refractivity contribution in [3.8, 4) is 0 Å². The molecule has 0 unspecified atom stereocenters. The van der Waals surface area contributed by atoms with Crippen LogP contribution < -0.4 is 5.32 Å². The average Bonchev–Trinajstić information content (AvgIpc) is 2.47. The molecule has 1 aliphatic heterocycles. The zero-order valence-corrected chi connectivity index (χ0v) is 14.3. The molecule has 0 aromatic carbocycles. The number of piperidine rings is 1. The number of likely N-dealkylation sites (tertiary alicyclic amines) is 1. The monoisotopic (exact) mass is 319 g/mol. The fraction of sp³-hybridized carbons (Fsp3) is 0.929. The number of guanidine groups is 1. The molecular weight excluding hydrogens is 290 g/mol. The van der Waals surface area contributed by atoms with Crippen LogP contribution in [0.1, 0.15) is 33.6 Å². The molecular formula is C14H29N3O3S. The van der Waals surface area contributed by atoms with Crippen molar-refractivity contribution >= 4 is 15.8 Å². The lowest BCUT2D eigenvalue weighted by Gasteiger charge is -2.34. The Labute approximate surface area is 128 Å². The van der Waals surface area contributed by atoms with Gasteiger partial charge in [0.15, 0.2) is 15.8 Å². The van der Waals surface area contributed by atoms with E-state index in [0.717, 1.165) is 45.0 Å². The summed E-state index contributed by atoms with van der Waals surface area (Å²) < 4.78 is 28.7. The van der Waals surface area contributed by atoms with Gasteiger partial charge in [0.05, 0.1) is 18.4 Å². The fourth-order valence-electron chi connectivity index (χ4n) is 2.33. The van der Waals surface area contributed by atoms with Crippen molar-refractivity contribution in [3.05, 3.63) is 0 Å². The van der Waals surface area contributed by atoms with Crippen LogP contribution in [0.3, 0.4) is 0 Å². The first kappa shape index (κ1) is 18.2. The quantitative estimate of drug-likeness (QED) is 0.557. The molecule has 7 heteroatoms. The van der Waals surface area contributed by atoms with Gasteiger partial charge in [0.1, 0.15) is 0 Å². The largest absolute Gasteiger partial charge is 0.378 e. The van der Waals surface area contributed by atoms with Gasteiger partial charge in [0.2, 0.25) is 0 Å². The van der Waals surface area contributed by atoms with E-state index < -0.39 is 9.84 Å². The summed E-state index contributed by atoms with van der Waals surface area (Å²) in [5.41, 5.74) is 0. The summed E-state index contributed by atoms with van der Waals surface area (Å²) in [7, 11) is -2.95. The summed E-state index contributed by atoms with van der Waals surface area (Å²) in [6.07, 6.45) is 2.33. The molecule has 1 heterocycles. The van der Waals surface area contributed by atoms with Crippen molar-refractivity contribution in [1.29, 1.82) is 0 Å². The van der Waals surface area contributed by atoms with Crippen LogP contribution in [0.15, 0.2) is 4.99 Å². The minimum atomic E-state index is -2.95. The second kappa shape index (κ2) is 9.25. The smallest absolute Gasteiger partial charge is 0.193 e. The Morgan fingerprint density at radius 3 is 2.48 bits per heavy atom. The van der Waals surface area contributed by atoms with E-state index in [0.29, 0.717) is 12.6 Å². The highest BCUT2D eigenvalue weighted by Crippen LogP contribution is 2.13. The lowest BCUT2D eigenvalue weighted by atomic mass is 10.1. The molecule has 0 atom stereocenters. The van der Waals surface area contributed by atoms with Crippen LogP contribution in [-0.2, 0) is 14.6 Å². The van der Waals surface area contributed by atoms with E-state index in [1.54, 1.807) is 6.92 Å². The Bertz CT molecular complexity index is 415. The standard InChI is InChI=1S/C14H29N3O3S/c1-4-15-14(16-9-12-21(18,19)6-3)17-10-7-13(8-11-17)20-5-2/h13H,4-12H2,1-3H3,(H,15,16). The Morgan fingerprint density at radius 2 is 1.95 bits per heavy atom. The number of nitrogens with one attached hydrogen (secondary N) is 1. The van der Waals surface area contributed by atoms with Gasteiger partial charge in [-0.3, -0.25) is 4.99 Å². The number of sulfone groups is 1. The van der Waals surface area contributed by atoms with Crippen molar-refractivity contribution in [3.63, 3.8) is 0 Å². The molecule has 0 aromatic rings. The van der Waals surface area contributed by atoms with Crippen molar-refractivity contribution in [2.24, 2.45) is 4.99 Å². The number of nitrogens with zero attached hydrogens (tertiary/aromatic N) is 2. The molecule has 1 N–H and O–H groups in total. The summed E-state index contributed by atoms with van der Waals surface area (Å²) in [6.45, 7) is 9.37. The number of hydrogen-bond donors (Lipinski definition) is 1. The van der Waals surface area contributed by atoms with Gasteiger partial charge in [-0.25, -0.2) is 8.42 Å². The maximum atomic E-state index is 11.5. The highest BCUT2D eigenvalue weighted by Gasteiger charge is 2.21. The van der Waals surface area contributed by atoms with Crippen LogP contribution in [0, 0.1) is 0 Å². The van der Waals surface area contributed by atoms with E-state index in [1.807, 2.05) is 13.8 Å². The molecule has 124 valence electrons. The summed E-state index contributed by atoms with van der Waals surface area (Å²) in [5.74, 6) is 1.12. The summed E-state index contributed by atoms with van der Waals surface area (Å²) in [5, 5.41) is 3.24. The second-order valence-corrected chi connectivity index (χ2v) is 7.59. The summed E-state index contributed by atoms with van der Waals surface area (Å²) in [4.78, 5) is 6.64. The van der Waals surface area contributed by atoms with E-state index in [1.165, 1.54) is 0 Å². The van der Waals surface area contributed by atoms with Gasteiger partial charge in [-0.2, -0.15) is 0 Å². The van der Waals surface area contributed by atoms with E-state index in [2.05, 4.69) is 15.2 Å². The molecule has 1 rings (SSSR count). The van der Waals surface area contributed by atoms with Gasteiger partial charge in [-0.15, -0.1) is 0 Å². The predicted molar refractivity (Wildman–Crippen MR) is 86.5 cm³/mol. The first-order valence-electron chi connectivity index (χ1n) is 7.87. The molecule has 0 aliphatic carbocycles. The van der Waals surface area contributed by atoms with Gasteiger partial charge < -0.3 is 15.0 Å². The number of hydrogen-bond acceptors (Lipinski definition) is 4. The summed E-state index contributed by atoms with van der Waals surface area (Å²) in [6, 6.07) is 0. The third-order valence-corrected chi connectivity index (χ3v) is 5.27. The van der Waals surface area contributed by atoms with Crippen LogP contribution in [0.5, 0.6) is 0 Å². The summed E-state index contributed by atoms with van der Waals surface area (Å²) >= 11 is 0. The molecule has 0 amide bonds. The van der Waals surface area contributed by atoms with E-state index in [9.17, 15) is 8.42 Å². The maximum absolute atomic E-state index is 11.5. The Kier molecular flexibility index (Phi) is 8.03. The van der Waals surface area contributed by atoms with Gasteiger partial charge in [-0.05, 0) is 26.7 Å². The minimum Gasteiger partial charge on any atom is -0.378 e. The molecule has 0 bridgehead atoms. The van der Waals surface area contributed by atoms with Gasteiger partial charge in [-0.1, -0.05) is 6.92 Å². The van der Waals surface area contributed by atoms with Gasteiger partial charge >= 0.3 is 0 Å². The van der Waals surface area contributed by atoms with Crippen molar-refractivity contribution in [2.75, 3.05) is 44.3 Å². The molecule has 0 radical (unpaired) electrons. The molecule has 1 fully saturated rings. The minimum absolute atomic E-state index is 0.119. The normalized spacial score (nSPS) is 18.0. The first-order valence-corrected chi connectivity index (χ1v) is 9.69. The van der Waals surface area contributed by atoms with Crippen molar-refractivity contribution in [2.45, 2.75) is 39.7 Å². The molecule has 21 heavy (non-hydrogen) atoms. The Hall–Kier alpha value is -0.820. The topological polar surface area (TPSA) is 71.0 Å². The van der Waals surface area contributed by atoms with Crippen molar-refractivity contribution in [1.82, 2.24) is 10.2 Å².